The highest BCUT2D eigenvalue weighted by Gasteiger charge is 2.24. The Morgan fingerprint density at radius 1 is 0.968 bits per heavy atom. The van der Waals surface area contributed by atoms with Crippen molar-refractivity contribution in [3.8, 4) is 0 Å². The predicted molar refractivity (Wildman–Crippen MR) is 123 cm³/mol. The number of phosphoric ester groups is 1. The monoisotopic (exact) mass is 466 g/mol. The van der Waals surface area contributed by atoms with Gasteiger partial charge in [0.2, 0.25) is 0 Å². The molecule has 0 fully saturated rings. The number of nitrogens with zero attached hydrogens (tertiary/aromatic N) is 1. The fourth-order valence-corrected chi connectivity index (χ4v) is 3.36. The van der Waals surface area contributed by atoms with Crippen molar-refractivity contribution in [2.45, 2.75) is 77.2 Å². The third kappa shape index (κ3) is 22.2. The molecule has 0 spiro atoms. The van der Waals surface area contributed by atoms with Crippen molar-refractivity contribution in [3.63, 3.8) is 0 Å². The van der Waals surface area contributed by atoms with Crippen molar-refractivity contribution in [2.75, 3.05) is 47.5 Å². The highest BCUT2D eigenvalue weighted by atomic mass is 31.2. The average Bonchev–Trinajstić information content (AvgIpc) is 2.67. The number of carbonyl (C=O) groups is 1. The second-order valence-corrected chi connectivity index (χ2v) is 10.3. The summed E-state index contributed by atoms with van der Waals surface area (Å²) in [5.41, 5.74) is 0. The van der Waals surface area contributed by atoms with Crippen LogP contribution in [0.15, 0.2) is 12.2 Å². The zero-order valence-corrected chi connectivity index (χ0v) is 20.9. The summed E-state index contributed by atoms with van der Waals surface area (Å²) in [6, 6.07) is 0. The van der Waals surface area contributed by atoms with Gasteiger partial charge >= 0.3 is 13.8 Å². The highest BCUT2D eigenvalue weighted by Crippen LogP contribution is 2.43. The van der Waals surface area contributed by atoms with Crippen molar-refractivity contribution in [3.05, 3.63) is 12.2 Å². The maximum Gasteiger partial charge on any atom is 0.472 e. The molecule has 0 radical (unpaired) electrons. The zero-order chi connectivity index (χ0) is 23.6. The van der Waals surface area contributed by atoms with E-state index in [1.165, 1.54) is 44.9 Å². The number of aliphatic hydroxyl groups excluding tert-OH is 1. The summed E-state index contributed by atoms with van der Waals surface area (Å²) in [4.78, 5) is 21.3. The first kappa shape index (κ1) is 30.2. The van der Waals surface area contributed by atoms with Crippen LogP contribution in [0.2, 0.25) is 0 Å². The Hall–Kier alpha value is -0.760. The highest BCUT2D eigenvalue weighted by molar-refractivity contribution is 7.47. The molecule has 0 saturated heterocycles. The maximum absolute atomic E-state index is 11.7. The van der Waals surface area contributed by atoms with Gasteiger partial charge in [0.15, 0.2) is 0 Å². The van der Waals surface area contributed by atoms with Crippen LogP contribution in [0.4, 0.5) is 0 Å². The van der Waals surface area contributed by atoms with Gasteiger partial charge in [-0.2, -0.15) is 0 Å². The van der Waals surface area contributed by atoms with Crippen LogP contribution in [0.25, 0.3) is 0 Å². The summed E-state index contributed by atoms with van der Waals surface area (Å²) >= 11 is 0. The summed E-state index contributed by atoms with van der Waals surface area (Å²) in [6.07, 6.45) is 13.7. The van der Waals surface area contributed by atoms with Gasteiger partial charge in [-0.25, -0.2) is 4.57 Å². The van der Waals surface area contributed by atoms with Crippen LogP contribution in [0.3, 0.4) is 0 Å². The standard InChI is InChI=1S/C22H44NO7P/c1-5-6-7-8-9-10-11-12-13-14-15-16-22(25)28-19-21(24)20-30-31(26,27)29-18-17-23(2,3)4/h13-14,21,24H,5-12,15-20H2,1-4H3/p+1/b14-13+. The second-order valence-electron chi connectivity index (χ2n) is 8.87. The third-order valence-corrected chi connectivity index (χ3v) is 5.52. The van der Waals surface area contributed by atoms with E-state index in [0.717, 1.165) is 6.42 Å². The SMILES string of the molecule is CCCCCCCCC/C=C/CCC(=O)OCC(O)COP(=O)(O)OCC[N+](C)(C)C. The normalized spacial score (nSPS) is 15.2. The first-order valence-electron chi connectivity index (χ1n) is 11.5. The van der Waals surface area contributed by atoms with Crippen LogP contribution < -0.4 is 0 Å². The average molecular weight is 467 g/mol. The Labute approximate surface area is 188 Å². The summed E-state index contributed by atoms with van der Waals surface area (Å²) in [5.74, 6) is -0.425. The molecule has 2 atom stereocenters. The minimum atomic E-state index is -4.24. The smallest absolute Gasteiger partial charge is 0.463 e. The molecule has 9 heteroatoms. The number of phosphoric acid groups is 1. The fraction of sp³-hybridized carbons (Fsp3) is 0.864. The van der Waals surface area contributed by atoms with Crippen molar-refractivity contribution < 1.29 is 37.6 Å². The van der Waals surface area contributed by atoms with Gasteiger partial charge < -0.3 is 19.2 Å². The Bertz CT molecular complexity index is 534. The number of hydrogen-bond acceptors (Lipinski definition) is 6. The lowest BCUT2D eigenvalue weighted by molar-refractivity contribution is -0.870. The maximum atomic E-state index is 11.7. The lowest BCUT2D eigenvalue weighted by Gasteiger charge is -2.24. The summed E-state index contributed by atoms with van der Waals surface area (Å²) < 4.78 is 26.9. The number of hydrogen-bond donors (Lipinski definition) is 2. The van der Waals surface area contributed by atoms with Gasteiger partial charge in [-0.3, -0.25) is 13.8 Å². The van der Waals surface area contributed by atoms with Crippen molar-refractivity contribution in [2.24, 2.45) is 0 Å². The van der Waals surface area contributed by atoms with E-state index >= 15 is 0 Å². The Balaban J connectivity index is 3.73. The van der Waals surface area contributed by atoms with Gasteiger partial charge in [0, 0.05) is 6.42 Å². The molecule has 31 heavy (non-hydrogen) atoms. The van der Waals surface area contributed by atoms with Crippen molar-refractivity contribution in [1.29, 1.82) is 0 Å². The molecule has 0 aliphatic heterocycles. The van der Waals surface area contributed by atoms with Gasteiger partial charge in [0.05, 0.1) is 27.7 Å². The fourth-order valence-electron chi connectivity index (χ4n) is 2.61. The van der Waals surface area contributed by atoms with E-state index in [2.05, 4.69) is 13.0 Å². The van der Waals surface area contributed by atoms with Crippen molar-refractivity contribution >= 4 is 13.8 Å². The minimum Gasteiger partial charge on any atom is -0.463 e. The largest absolute Gasteiger partial charge is 0.472 e. The van der Waals surface area contributed by atoms with Gasteiger partial charge in [0.1, 0.15) is 25.9 Å². The number of esters is 1. The molecule has 2 unspecified atom stereocenters. The van der Waals surface area contributed by atoms with E-state index in [4.69, 9.17) is 13.8 Å². The lowest BCUT2D eigenvalue weighted by atomic mass is 10.1. The molecule has 0 saturated carbocycles. The first-order chi connectivity index (χ1) is 14.6. The summed E-state index contributed by atoms with van der Waals surface area (Å²) in [6.45, 7) is 2.05. The molecule has 0 rings (SSSR count). The quantitative estimate of drug-likeness (QED) is 0.0911. The third-order valence-electron chi connectivity index (χ3n) is 4.54. The molecule has 0 aromatic heterocycles. The number of rotatable bonds is 20. The lowest BCUT2D eigenvalue weighted by Crippen LogP contribution is -2.37. The number of carbonyl (C=O) groups excluding carboxylic acids is 1. The topological polar surface area (TPSA) is 102 Å². The second kappa shape index (κ2) is 17.8. The van der Waals surface area contributed by atoms with Crippen LogP contribution in [-0.4, -0.2) is 74.1 Å². The van der Waals surface area contributed by atoms with Crippen LogP contribution in [0.1, 0.15) is 71.1 Å². The van der Waals surface area contributed by atoms with E-state index in [0.29, 0.717) is 17.4 Å². The molecule has 0 aliphatic rings. The molecule has 8 nitrogen and oxygen atoms in total. The predicted octanol–water partition coefficient (Wildman–Crippen LogP) is 4.21. The molecular formula is C22H45NO7P+. The molecule has 0 aromatic rings. The molecule has 2 N–H and O–H groups in total. The van der Waals surface area contributed by atoms with Crippen LogP contribution >= 0.6 is 7.82 Å². The number of quaternary nitrogens is 1. The zero-order valence-electron chi connectivity index (χ0n) is 20.0. The van der Waals surface area contributed by atoms with E-state index < -0.39 is 26.5 Å². The first-order valence-corrected chi connectivity index (χ1v) is 13.0. The summed E-state index contributed by atoms with van der Waals surface area (Å²) in [7, 11) is 1.54. The molecule has 0 bridgehead atoms. The number of allylic oxidation sites excluding steroid dienone is 2. The minimum absolute atomic E-state index is 0.0504. The van der Waals surface area contributed by atoms with Crippen LogP contribution in [-0.2, 0) is 23.1 Å². The molecule has 0 aromatic carbocycles. The van der Waals surface area contributed by atoms with Crippen LogP contribution in [0, 0.1) is 0 Å². The van der Waals surface area contributed by atoms with Gasteiger partial charge in [-0.05, 0) is 19.3 Å². The van der Waals surface area contributed by atoms with E-state index in [1.54, 1.807) is 0 Å². The number of likely N-dealkylation sites (N-methyl/N-ethyl adjacent to an activating group) is 1. The molecule has 0 heterocycles. The molecule has 184 valence electrons. The summed E-state index contributed by atoms with van der Waals surface area (Å²) in [5, 5.41) is 9.77. The molecular weight excluding hydrogens is 421 g/mol. The molecule has 0 aliphatic carbocycles. The number of unbranched alkanes of at least 4 members (excludes halogenated alkanes) is 7. The van der Waals surface area contributed by atoms with Gasteiger partial charge in [0.25, 0.3) is 0 Å². The van der Waals surface area contributed by atoms with Gasteiger partial charge in [-0.15, -0.1) is 0 Å². The number of ether oxygens (including phenoxy) is 1. The Kier molecular flexibility index (Phi) is 17.3. The van der Waals surface area contributed by atoms with Crippen LogP contribution in [0.5, 0.6) is 0 Å². The van der Waals surface area contributed by atoms with Gasteiger partial charge in [-0.1, -0.05) is 57.6 Å². The Morgan fingerprint density at radius 2 is 1.58 bits per heavy atom. The molecule has 0 amide bonds. The van der Waals surface area contributed by atoms with Crippen molar-refractivity contribution in [1.82, 2.24) is 0 Å². The van der Waals surface area contributed by atoms with E-state index in [-0.39, 0.29) is 19.6 Å². The number of aliphatic hydroxyl groups is 1. The van der Waals surface area contributed by atoms with E-state index in [9.17, 15) is 19.4 Å². The Morgan fingerprint density at radius 3 is 2.23 bits per heavy atom. The van der Waals surface area contributed by atoms with E-state index in [1.807, 2.05) is 27.2 Å².